The third-order valence-corrected chi connectivity index (χ3v) is 6.63. The number of ether oxygens (including phenoxy) is 1. The van der Waals surface area contributed by atoms with E-state index in [2.05, 4.69) is 85.9 Å². The molecule has 1 N–H and O–H groups in total. The van der Waals surface area contributed by atoms with Crippen LogP contribution in [-0.4, -0.2) is 40.3 Å². The summed E-state index contributed by atoms with van der Waals surface area (Å²) >= 11 is 6.64. The van der Waals surface area contributed by atoms with E-state index in [-0.39, 0.29) is 0 Å². The first-order valence-corrected chi connectivity index (χ1v) is 11.5. The molecule has 1 fully saturated rings. The van der Waals surface area contributed by atoms with Crippen LogP contribution >= 0.6 is 11.6 Å². The predicted octanol–water partition coefficient (Wildman–Crippen LogP) is 5.73. The SMILES string of the molecule is Cn1ccc2c(-c3ccc(Nc4ccc(N5CCOCC5)c(Cl)c4)c4nccn34)cccc21. The monoisotopic (exact) mass is 457 g/mol. The zero-order valence-corrected chi connectivity index (χ0v) is 19.1. The van der Waals surface area contributed by atoms with Crippen LogP contribution < -0.4 is 10.2 Å². The summed E-state index contributed by atoms with van der Waals surface area (Å²) in [6.07, 6.45) is 5.94. The Morgan fingerprint density at radius 2 is 1.88 bits per heavy atom. The van der Waals surface area contributed by atoms with E-state index in [1.54, 1.807) is 0 Å². The Bertz CT molecular complexity index is 1460. The number of morpholine rings is 1. The Labute approximate surface area is 197 Å². The molecule has 0 unspecified atom stereocenters. The van der Waals surface area contributed by atoms with Gasteiger partial charge in [0.25, 0.3) is 0 Å². The Balaban J connectivity index is 1.36. The summed E-state index contributed by atoms with van der Waals surface area (Å²) in [5, 5.41) is 5.46. The zero-order chi connectivity index (χ0) is 22.4. The Kier molecular flexibility index (Phi) is 4.97. The van der Waals surface area contributed by atoms with Crippen LogP contribution in [0.2, 0.25) is 5.02 Å². The van der Waals surface area contributed by atoms with Crippen LogP contribution in [0.25, 0.3) is 27.8 Å². The van der Waals surface area contributed by atoms with Gasteiger partial charge in [-0.25, -0.2) is 4.98 Å². The van der Waals surface area contributed by atoms with Crippen molar-refractivity contribution >= 4 is 45.2 Å². The molecule has 166 valence electrons. The van der Waals surface area contributed by atoms with E-state index in [1.807, 2.05) is 18.5 Å². The van der Waals surface area contributed by atoms with Gasteiger partial charge in [-0.3, -0.25) is 4.40 Å². The number of hydrogen-bond acceptors (Lipinski definition) is 4. The number of nitrogens with one attached hydrogen (secondary N) is 1. The first-order valence-electron chi connectivity index (χ1n) is 11.1. The lowest BCUT2D eigenvalue weighted by Gasteiger charge is -2.29. The lowest BCUT2D eigenvalue weighted by molar-refractivity contribution is 0.122. The van der Waals surface area contributed by atoms with E-state index in [9.17, 15) is 0 Å². The minimum Gasteiger partial charge on any atom is -0.378 e. The maximum absolute atomic E-state index is 6.64. The molecule has 5 aromatic rings. The molecule has 0 radical (unpaired) electrons. The molecular formula is C26H24ClN5O. The average Bonchev–Trinajstić information content (AvgIpc) is 3.48. The summed E-state index contributed by atoms with van der Waals surface area (Å²) in [5.74, 6) is 0. The van der Waals surface area contributed by atoms with Crippen LogP contribution in [0.3, 0.4) is 0 Å². The van der Waals surface area contributed by atoms with Crippen molar-refractivity contribution in [3.05, 3.63) is 78.2 Å². The summed E-state index contributed by atoms with van der Waals surface area (Å²) in [6, 6.07) is 18.9. The number of rotatable bonds is 4. The largest absolute Gasteiger partial charge is 0.378 e. The lowest BCUT2D eigenvalue weighted by Crippen LogP contribution is -2.36. The number of benzene rings is 2. The van der Waals surface area contributed by atoms with Gasteiger partial charge in [-0.15, -0.1) is 0 Å². The van der Waals surface area contributed by atoms with Gasteiger partial charge in [0.15, 0.2) is 5.65 Å². The maximum atomic E-state index is 6.64. The van der Waals surface area contributed by atoms with Crippen LogP contribution in [0.4, 0.5) is 17.1 Å². The van der Waals surface area contributed by atoms with Crippen molar-refractivity contribution < 1.29 is 4.74 Å². The third kappa shape index (κ3) is 3.52. The number of anilines is 3. The van der Waals surface area contributed by atoms with Gasteiger partial charge in [0, 0.05) is 60.9 Å². The van der Waals surface area contributed by atoms with Crippen LogP contribution in [0, 0.1) is 0 Å². The molecule has 33 heavy (non-hydrogen) atoms. The van der Waals surface area contributed by atoms with Gasteiger partial charge in [0.05, 0.1) is 35.3 Å². The highest BCUT2D eigenvalue weighted by molar-refractivity contribution is 6.33. The Morgan fingerprint density at radius 1 is 1.00 bits per heavy atom. The maximum Gasteiger partial charge on any atom is 0.161 e. The highest BCUT2D eigenvalue weighted by Crippen LogP contribution is 2.34. The van der Waals surface area contributed by atoms with Crippen molar-refractivity contribution in [2.45, 2.75) is 0 Å². The predicted molar refractivity (Wildman–Crippen MR) is 135 cm³/mol. The number of imidazole rings is 1. The van der Waals surface area contributed by atoms with Crippen LogP contribution in [-0.2, 0) is 11.8 Å². The zero-order valence-electron chi connectivity index (χ0n) is 18.3. The second kappa shape index (κ2) is 8.14. The number of aryl methyl sites for hydroxylation is 1. The molecule has 7 heteroatoms. The van der Waals surface area contributed by atoms with Crippen molar-refractivity contribution in [3.8, 4) is 11.3 Å². The fraction of sp³-hybridized carbons (Fsp3) is 0.192. The van der Waals surface area contributed by atoms with Gasteiger partial charge in [-0.05, 0) is 42.5 Å². The van der Waals surface area contributed by atoms with E-state index in [1.165, 1.54) is 16.5 Å². The summed E-state index contributed by atoms with van der Waals surface area (Å²) in [5.41, 5.74) is 7.26. The molecule has 6 rings (SSSR count). The molecule has 1 aliphatic rings. The van der Waals surface area contributed by atoms with Gasteiger partial charge in [-0.1, -0.05) is 23.7 Å². The first kappa shape index (κ1) is 20.1. The molecule has 0 aliphatic carbocycles. The van der Waals surface area contributed by atoms with Gasteiger partial charge < -0.3 is 19.5 Å². The van der Waals surface area contributed by atoms with Crippen molar-refractivity contribution in [2.24, 2.45) is 7.05 Å². The molecule has 0 amide bonds. The molecule has 6 nitrogen and oxygen atoms in total. The van der Waals surface area contributed by atoms with Gasteiger partial charge in [-0.2, -0.15) is 0 Å². The molecular weight excluding hydrogens is 434 g/mol. The number of hydrogen-bond donors (Lipinski definition) is 1. The number of aromatic nitrogens is 3. The Morgan fingerprint density at radius 3 is 2.73 bits per heavy atom. The number of fused-ring (bicyclic) bond motifs is 2. The fourth-order valence-electron chi connectivity index (χ4n) is 4.66. The fourth-order valence-corrected chi connectivity index (χ4v) is 4.96. The van der Waals surface area contributed by atoms with E-state index < -0.39 is 0 Å². The number of pyridine rings is 1. The van der Waals surface area contributed by atoms with Crippen molar-refractivity contribution in [2.75, 3.05) is 36.5 Å². The van der Waals surface area contributed by atoms with Crippen LogP contribution in [0.15, 0.2) is 73.2 Å². The molecule has 0 atom stereocenters. The molecule has 1 saturated heterocycles. The minimum atomic E-state index is 0.730. The summed E-state index contributed by atoms with van der Waals surface area (Å²) in [6.45, 7) is 3.18. The van der Waals surface area contributed by atoms with Gasteiger partial charge in [0.2, 0.25) is 0 Å². The normalized spacial score (nSPS) is 14.3. The molecule has 0 saturated carbocycles. The van der Waals surface area contributed by atoms with Gasteiger partial charge >= 0.3 is 0 Å². The summed E-state index contributed by atoms with van der Waals surface area (Å²) in [4.78, 5) is 6.91. The van der Waals surface area contributed by atoms with Crippen LogP contribution in [0.5, 0.6) is 0 Å². The quantitative estimate of drug-likeness (QED) is 0.374. The highest BCUT2D eigenvalue weighted by Gasteiger charge is 2.16. The number of halogens is 1. The second-order valence-electron chi connectivity index (χ2n) is 8.31. The Hall–Kier alpha value is -3.48. The topological polar surface area (TPSA) is 46.7 Å². The molecule has 3 aromatic heterocycles. The van der Waals surface area contributed by atoms with E-state index in [4.69, 9.17) is 16.3 Å². The smallest absolute Gasteiger partial charge is 0.161 e. The van der Waals surface area contributed by atoms with Crippen molar-refractivity contribution in [1.29, 1.82) is 0 Å². The van der Waals surface area contributed by atoms with Crippen LogP contribution in [0.1, 0.15) is 0 Å². The van der Waals surface area contributed by atoms with E-state index >= 15 is 0 Å². The first-order chi connectivity index (χ1) is 16.2. The molecule has 1 aliphatic heterocycles. The number of nitrogens with zero attached hydrogens (tertiary/aromatic N) is 4. The average molecular weight is 458 g/mol. The highest BCUT2D eigenvalue weighted by atomic mass is 35.5. The molecule has 4 heterocycles. The minimum absolute atomic E-state index is 0.730. The summed E-state index contributed by atoms with van der Waals surface area (Å²) < 4.78 is 9.73. The lowest BCUT2D eigenvalue weighted by atomic mass is 10.1. The standard InChI is InChI=1S/C26H24ClN5O/c1-30-11-9-20-19(3-2-4-23(20)30)24-8-6-22(26-28-10-12-32(24)26)29-18-5-7-25(21(27)17-18)31-13-15-33-16-14-31/h2-12,17,29H,13-16H2,1H3. The van der Waals surface area contributed by atoms with E-state index in [0.717, 1.165) is 59.7 Å². The van der Waals surface area contributed by atoms with E-state index in [0.29, 0.717) is 0 Å². The van der Waals surface area contributed by atoms with Gasteiger partial charge in [0.1, 0.15) is 0 Å². The molecule has 0 bridgehead atoms. The van der Waals surface area contributed by atoms with Crippen molar-refractivity contribution in [1.82, 2.24) is 14.0 Å². The summed E-state index contributed by atoms with van der Waals surface area (Å²) in [7, 11) is 2.07. The second-order valence-corrected chi connectivity index (χ2v) is 8.72. The molecule has 0 spiro atoms. The van der Waals surface area contributed by atoms with Crippen molar-refractivity contribution in [3.63, 3.8) is 0 Å². The third-order valence-electron chi connectivity index (χ3n) is 6.33. The molecule has 2 aromatic carbocycles.